The van der Waals surface area contributed by atoms with Crippen LogP contribution in [0.1, 0.15) is 43.5 Å². The molecule has 0 bridgehead atoms. The summed E-state index contributed by atoms with van der Waals surface area (Å²) >= 11 is 0. The van der Waals surface area contributed by atoms with Gasteiger partial charge in [0.15, 0.2) is 0 Å². The van der Waals surface area contributed by atoms with E-state index in [1.165, 1.54) is 0 Å². The predicted octanol–water partition coefficient (Wildman–Crippen LogP) is 2.28. The summed E-state index contributed by atoms with van der Waals surface area (Å²) in [5, 5.41) is 11.5. The third-order valence-corrected chi connectivity index (χ3v) is 3.31. The molecule has 1 rings (SSSR count). The molecule has 1 aromatic rings. The Kier molecular flexibility index (Phi) is 5.55. The van der Waals surface area contributed by atoms with E-state index in [0.29, 0.717) is 24.2 Å². The number of carboxylic acid groups (broad SMARTS) is 1. The highest BCUT2D eigenvalue weighted by Gasteiger charge is 2.19. The molecular formula is C15H22N2O3. The van der Waals surface area contributed by atoms with Crippen molar-refractivity contribution in [2.45, 2.75) is 33.1 Å². The van der Waals surface area contributed by atoms with Crippen molar-refractivity contribution in [1.29, 1.82) is 0 Å². The molecule has 0 fully saturated rings. The van der Waals surface area contributed by atoms with Crippen LogP contribution in [0.3, 0.4) is 0 Å². The van der Waals surface area contributed by atoms with Gasteiger partial charge in [0.1, 0.15) is 0 Å². The highest BCUT2D eigenvalue weighted by molar-refractivity contribution is 5.99. The first-order valence-electron chi connectivity index (χ1n) is 6.66. The van der Waals surface area contributed by atoms with Crippen LogP contribution in [-0.2, 0) is 4.79 Å². The summed E-state index contributed by atoms with van der Waals surface area (Å²) in [5.41, 5.74) is 6.54. The van der Waals surface area contributed by atoms with Crippen molar-refractivity contribution in [3.8, 4) is 0 Å². The van der Waals surface area contributed by atoms with E-state index in [9.17, 15) is 9.59 Å². The molecule has 0 radical (unpaired) electrons. The minimum absolute atomic E-state index is 0.117. The van der Waals surface area contributed by atoms with Gasteiger partial charge in [-0.05, 0) is 30.4 Å². The molecule has 110 valence electrons. The van der Waals surface area contributed by atoms with Gasteiger partial charge in [-0.25, -0.2) is 0 Å². The number of aliphatic carboxylic acids is 1. The van der Waals surface area contributed by atoms with Gasteiger partial charge in [0.05, 0.1) is 5.56 Å². The Balaban J connectivity index is 2.42. The predicted molar refractivity (Wildman–Crippen MR) is 78.5 cm³/mol. The summed E-state index contributed by atoms with van der Waals surface area (Å²) in [7, 11) is 0. The molecule has 0 unspecified atom stereocenters. The van der Waals surface area contributed by atoms with Gasteiger partial charge >= 0.3 is 5.97 Å². The zero-order chi connectivity index (χ0) is 15.2. The lowest BCUT2D eigenvalue weighted by molar-refractivity contribution is -0.137. The van der Waals surface area contributed by atoms with E-state index < -0.39 is 5.97 Å². The molecule has 20 heavy (non-hydrogen) atoms. The first-order chi connectivity index (χ1) is 9.32. The Bertz CT molecular complexity index is 484. The minimum atomic E-state index is -0.792. The van der Waals surface area contributed by atoms with Crippen molar-refractivity contribution in [3.05, 3.63) is 29.8 Å². The summed E-state index contributed by atoms with van der Waals surface area (Å²) in [5.74, 6) is -0.990. The quantitative estimate of drug-likeness (QED) is 0.667. The number of carbonyl (C=O) groups excluding carboxylic acids is 1. The van der Waals surface area contributed by atoms with E-state index in [-0.39, 0.29) is 17.7 Å². The second-order valence-electron chi connectivity index (χ2n) is 5.65. The van der Waals surface area contributed by atoms with Crippen LogP contribution in [0, 0.1) is 5.41 Å². The maximum Gasteiger partial charge on any atom is 0.303 e. The van der Waals surface area contributed by atoms with E-state index in [2.05, 4.69) is 5.32 Å². The van der Waals surface area contributed by atoms with Crippen LogP contribution in [0.25, 0.3) is 0 Å². The molecule has 0 aliphatic carbocycles. The molecule has 1 aromatic carbocycles. The molecule has 1 amide bonds. The number of carboxylic acids is 1. The number of nitrogens with one attached hydrogen (secondary N) is 1. The number of carbonyl (C=O) groups is 2. The monoisotopic (exact) mass is 278 g/mol. The molecule has 0 aliphatic rings. The van der Waals surface area contributed by atoms with Crippen molar-refractivity contribution in [3.63, 3.8) is 0 Å². The van der Waals surface area contributed by atoms with Crippen molar-refractivity contribution in [1.82, 2.24) is 5.32 Å². The van der Waals surface area contributed by atoms with Gasteiger partial charge in [-0.2, -0.15) is 0 Å². The molecule has 0 spiro atoms. The number of nitrogen functional groups attached to an aromatic ring is 1. The van der Waals surface area contributed by atoms with Crippen molar-refractivity contribution >= 4 is 17.6 Å². The molecule has 0 aromatic heterocycles. The van der Waals surface area contributed by atoms with E-state index in [1.54, 1.807) is 24.3 Å². The lowest BCUT2D eigenvalue weighted by atomic mass is 9.84. The maximum atomic E-state index is 11.9. The van der Waals surface area contributed by atoms with Gasteiger partial charge in [-0.3, -0.25) is 9.59 Å². The molecule has 0 heterocycles. The summed E-state index contributed by atoms with van der Waals surface area (Å²) in [6, 6.07) is 6.91. The SMILES string of the molecule is CC(C)(CCNC(=O)c1ccccc1N)CCC(=O)O. The number of rotatable bonds is 7. The molecule has 5 nitrogen and oxygen atoms in total. The Morgan fingerprint density at radius 3 is 2.50 bits per heavy atom. The van der Waals surface area contributed by atoms with E-state index in [1.807, 2.05) is 13.8 Å². The third kappa shape index (κ3) is 5.30. The first kappa shape index (κ1) is 16.0. The normalized spacial score (nSPS) is 11.1. The largest absolute Gasteiger partial charge is 0.481 e. The molecule has 4 N–H and O–H groups in total. The fourth-order valence-electron chi connectivity index (χ4n) is 1.88. The highest BCUT2D eigenvalue weighted by Crippen LogP contribution is 2.26. The fraction of sp³-hybridized carbons (Fsp3) is 0.467. The van der Waals surface area contributed by atoms with Gasteiger partial charge < -0.3 is 16.2 Å². The maximum absolute atomic E-state index is 11.9. The number of anilines is 1. The van der Waals surface area contributed by atoms with Crippen molar-refractivity contribution in [2.75, 3.05) is 12.3 Å². The highest BCUT2D eigenvalue weighted by atomic mass is 16.4. The van der Waals surface area contributed by atoms with Crippen LogP contribution in [-0.4, -0.2) is 23.5 Å². The van der Waals surface area contributed by atoms with Gasteiger partial charge in [-0.15, -0.1) is 0 Å². The van der Waals surface area contributed by atoms with Crippen LogP contribution in [0.5, 0.6) is 0 Å². The number of benzene rings is 1. The lowest BCUT2D eigenvalue weighted by Crippen LogP contribution is -2.29. The second kappa shape index (κ2) is 6.93. The Labute approximate surface area is 119 Å². The Morgan fingerprint density at radius 1 is 1.25 bits per heavy atom. The third-order valence-electron chi connectivity index (χ3n) is 3.31. The number of hydrogen-bond donors (Lipinski definition) is 3. The van der Waals surface area contributed by atoms with Gasteiger partial charge in [0.25, 0.3) is 5.91 Å². The Hall–Kier alpha value is -2.04. The van der Waals surface area contributed by atoms with E-state index >= 15 is 0 Å². The van der Waals surface area contributed by atoms with E-state index in [4.69, 9.17) is 10.8 Å². The topological polar surface area (TPSA) is 92.4 Å². The average molecular weight is 278 g/mol. The minimum Gasteiger partial charge on any atom is -0.481 e. The molecule has 0 saturated carbocycles. The fourth-order valence-corrected chi connectivity index (χ4v) is 1.88. The summed E-state index contributed by atoms with van der Waals surface area (Å²) in [4.78, 5) is 22.5. The van der Waals surface area contributed by atoms with Gasteiger partial charge in [0.2, 0.25) is 0 Å². The molecule has 0 saturated heterocycles. The molecule has 0 atom stereocenters. The molecule has 5 heteroatoms. The zero-order valence-corrected chi connectivity index (χ0v) is 12.0. The molecule has 0 aliphatic heterocycles. The lowest BCUT2D eigenvalue weighted by Gasteiger charge is -2.23. The summed E-state index contributed by atoms with van der Waals surface area (Å²) in [6.45, 7) is 4.50. The van der Waals surface area contributed by atoms with Crippen LogP contribution < -0.4 is 11.1 Å². The second-order valence-corrected chi connectivity index (χ2v) is 5.65. The van der Waals surface area contributed by atoms with E-state index in [0.717, 1.165) is 6.42 Å². The smallest absolute Gasteiger partial charge is 0.303 e. The molecular weight excluding hydrogens is 256 g/mol. The number of para-hydroxylation sites is 1. The number of amides is 1. The van der Waals surface area contributed by atoms with Crippen LogP contribution in [0.15, 0.2) is 24.3 Å². The Morgan fingerprint density at radius 2 is 1.90 bits per heavy atom. The first-order valence-corrected chi connectivity index (χ1v) is 6.66. The average Bonchev–Trinajstić information content (AvgIpc) is 2.37. The van der Waals surface area contributed by atoms with Crippen molar-refractivity contribution in [2.24, 2.45) is 5.41 Å². The zero-order valence-electron chi connectivity index (χ0n) is 12.0. The summed E-state index contributed by atoms with van der Waals surface area (Å²) in [6.07, 6.45) is 1.46. The summed E-state index contributed by atoms with van der Waals surface area (Å²) < 4.78 is 0. The van der Waals surface area contributed by atoms with Crippen LogP contribution >= 0.6 is 0 Å². The van der Waals surface area contributed by atoms with Crippen molar-refractivity contribution < 1.29 is 14.7 Å². The number of nitrogens with two attached hydrogens (primary N) is 1. The van der Waals surface area contributed by atoms with Gasteiger partial charge in [0, 0.05) is 18.7 Å². The van der Waals surface area contributed by atoms with Crippen LogP contribution in [0.2, 0.25) is 0 Å². The standard InChI is InChI=1S/C15H22N2O3/c1-15(2,8-7-13(18)19)9-10-17-14(20)11-5-3-4-6-12(11)16/h3-6H,7-10,16H2,1-2H3,(H,17,20)(H,18,19). The van der Waals surface area contributed by atoms with Gasteiger partial charge in [-0.1, -0.05) is 26.0 Å². The van der Waals surface area contributed by atoms with Crippen LogP contribution in [0.4, 0.5) is 5.69 Å². The number of hydrogen-bond acceptors (Lipinski definition) is 3.